The van der Waals surface area contributed by atoms with Gasteiger partial charge in [-0.1, -0.05) is 5.57 Å². The van der Waals surface area contributed by atoms with Crippen molar-refractivity contribution in [3.8, 4) is 17.2 Å². The monoisotopic (exact) mass is 265 g/mol. The number of ether oxygens (including phenoxy) is 3. The Bertz CT molecular complexity index is 412. The molecule has 0 atom stereocenters. The molecule has 0 aliphatic rings. The molecule has 106 valence electrons. The molecule has 19 heavy (non-hydrogen) atoms. The van der Waals surface area contributed by atoms with Crippen LogP contribution in [0.2, 0.25) is 0 Å². The molecule has 0 bridgehead atoms. The van der Waals surface area contributed by atoms with Crippen molar-refractivity contribution >= 4 is 0 Å². The largest absolute Gasteiger partial charge is 0.493 e. The summed E-state index contributed by atoms with van der Waals surface area (Å²) in [6.45, 7) is 5.14. The SMILES string of the molecule is COc1cc(CCN)cc(OC)c1OCC=C(C)C. The number of methoxy groups -OCH3 is 2. The zero-order valence-corrected chi connectivity index (χ0v) is 12.2. The predicted molar refractivity (Wildman–Crippen MR) is 77.2 cm³/mol. The lowest BCUT2D eigenvalue weighted by Crippen LogP contribution is -2.05. The van der Waals surface area contributed by atoms with Crippen molar-refractivity contribution in [2.75, 3.05) is 27.4 Å². The average molecular weight is 265 g/mol. The van der Waals surface area contributed by atoms with Crippen molar-refractivity contribution in [3.63, 3.8) is 0 Å². The Morgan fingerprint density at radius 2 is 1.74 bits per heavy atom. The molecular weight excluding hydrogens is 242 g/mol. The lowest BCUT2D eigenvalue weighted by molar-refractivity contribution is 0.300. The van der Waals surface area contributed by atoms with Crippen molar-refractivity contribution in [3.05, 3.63) is 29.3 Å². The van der Waals surface area contributed by atoms with Gasteiger partial charge in [0.2, 0.25) is 5.75 Å². The Balaban J connectivity index is 3.02. The summed E-state index contributed by atoms with van der Waals surface area (Å²) in [5, 5.41) is 0. The van der Waals surface area contributed by atoms with E-state index in [1.165, 1.54) is 5.57 Å². The van der Waals surface area contributed by atoms with Crippen molar-refractivity contribution in [2.45, 2.75) is 20.3 Å². The van der Waals surface area contributed by atoms with Gasteiger partial charge in [0.05, 0.1) is 14.2 Å². The molecule has 1 rings (SSSR count). The van der Waals surface area contributed by atoms with E-state index in [1.807, 2.05) is 32.1 Å². The second-order valence-electron chi connectivity index (χ2n) is 4.46. The van der Waals surface area contributed by atoms with Gasteiger partial charge in [0.25, 0.3) is 0 Å². The van der Waals surface area contributed by atoms with Crippen LogP contribution in [0, 0.1) is 0 Å². The molecule has 0 aliphatic heterocycles. The first-order chi connectivity index (χ1) is 9.12. The standard InChI is InChI=1S/C15H23NO3/c1-11(2)6-8-19-15-13(17-3)9-12(5-7-16)10-14(15)18-4/h6,9-10H,5,7-8,16H2,1-4H3. The van der Waals surface area contributed by atoms with Gasteiger partial charge in [0.1, 0.15) is 6.61 Å². The summed E-state index contributed by atoms with van der Waals surface area (Å²) in [4.78, 5) is 0. The van der Waals surface area contributed by atoms with Gasteiger partial charge in [-0.3, -0.25) is 0 Å². The number of nitrogens with two attached hydrogens (primary N) is 1. The number of benzene rings is 1. The van der Waals surface area contributed by atoms with Crippen LogP contribution >= 0.6 is 0 Å². The minimum Gasteiger partial charge on any atom is -0.493 e. The quantitative estimate of drug-likeness (QED) is 0.770. The Labute approximate surface area is 115 Å². The van der Waals surface area contributed by atoms with E-state index in [0.717, 1.165) is 12.0 Å². The molecule has 0 aromatic heterocycles. The number of allylic oxidation sites excluding steroid dienone is 1. The van der Waals surface area contributed by atoms with E-state index in [9.17, 15) is 0 Å². The van der Waals surface area contributed by atoms with E-state index in [1.54, 1.807) is 14.2 Å². The highest BCUT2D eigenvalue weighted by Crippen LogP contribution is 2.38. The maximum atomic E-state index is 5.74. The molecule has 0 saturated carbocycles. The Morgan fingerprint density at radius 1 is 1.16 bits per heavy atom. The summed E-state index contributed by atoms with van der Waals surface area (Å²) in [7, 11) is 3.24. The molecule has 2 N–H and O–H groups in total. The third-order valence-electron chi connectivity index (χ3n) is 2.67. The fourth-order valence-electron chi connectivity index (χ4n) is 1.68. The molecule has 4 heteroatoms. The van der Waals surface area contributed by atoms with Crippen LogP contribution in [0.15, 0.2) is 23.8 Å². The smallest absolute Gasteiger partial charge is 0.203 e. The molecule has 4 nitrogen and oxygen atoms in total. The van der Waals surface area contributed by atoms with Gasteiger partial charge < -0.3 is 19.9 Å². The van der Waals surface area contributed by atoms with E-state index >= 15 is 0 Å². The minimum absolute atomic E-state index is 0.491. The Morgan fingerprint density at radius 3 is 2.16 bits per heavy atom. The lowest BCUT2D eigenvalue weighted by atomic mass is 10.1. The van der Waals surface area contributed by atoms with Gasteiger partial charge in [-0.05, 0) is 50.6 Å². The first-order valence-electron chi connectivity index (χ1n) is 6.33. The number of rotatable bonds is 7. The van der Waals surface area contributed by atoms with Crippen LogP contribution < -0.4 is 19.9 Å². The first kappa shape index (κ1) is 15.4. The normalized spacial score (nSPS) is 9.95. The molecule has 1 aromatic rings. The third-order valence-corrected chi connectivity index (χ3v) is 2.67. The molecule has 0 spiro atoms. The second kappa shape index (κ2) is 7.69. The number of hydrogen-bond acceptors (Lipinski definition) is 4. The molecule has 0 saturated heterocycles. The predicted octanol–water partition coefficient (Wildman–Crippen LogP) is 2.55. The lowest BCUT2D eigenvalue weighted by Gasteiger charge is -2.15. The van der Waals surface area contributed by atoms with E-state index in [4.69, 9.17) is 19.9 Å². The third kappa shape index (κ3) is 4.48. The summed E-state index contributed by atoms with van der Waals surface area (Å²) < 4.78 is 16.5. The highest BCUT2D eigenvalue weighted by molar-refractivity contribution is 5.54. The molecular formula is C15H23NO3. The number of hydrogen-bond donors (Lipinski definition) is 1. The van der Waals surface area contributed by atoms with Crippen LogP contribution in [-0.2, 0) is 6.42 Å². The van der Waals surface area contributed by atoms with Crippen LogP contribution in [-0.4, -0.2) is 27.4 Å². The molecule has 0 amide bonds. The van der Waals surface area contributed by atoms with E-state index in [0.29, 0.717) is 30.4 Å². The second-order valence-corrected chi connectivity index (χ2v) is 4.46. The van der Waals surface area contributed by atoms with Crippen molar-refractivity contribution in [1.29, 1.82) is 0 Å². The van der Waals surface area contributed by atoms with Gasteiger partial charge in [-0.25, -0.2) is 0 Å². The van der Waals surface area contributed by atoms with E-state index in [2.05, 4.69) is 0 Å². The van der Waals surface area contributed by atoms with Crippen LogP contribution in [0.4, 0.5) is 0 Å². The van der Waals surface area contributed by atoms with Crippen molar-refractivity contribution in [2.24, 2.45) is 5.73 Å². The van der Waals surface area contributed by atoms with Gasteiger partial charge in [-0.2, -0.15) is 0 Å². The van der Waals surface area contributed by atoms with Crippen LogP contribution in [0.25, 0.3) is 0 Å². The summed E-state index contributed by atoms with van der Waals surface area (Å²) in [6.07, 6.45) is 2.79. The van der Waals surface area contributed by atoms with Crippen LogP contribution in [0.1, 0.15) is 19.4 Å². The molecule has 1 aromatic carbocycles. The van der Waals surface area contributed by atoms with Crippen LogP contribution in [0.3, 0.4) is 0 Å². The average Bonchev–Trinajstić information content (AvgIpc) is 2.39. The zero-order chi connectivity index (χ0) is 14.3. The van der Waals surface area contributed by atoms with Gasteiger partial charge in [-0.15, -0.1) is 0 Å². The zero-order valence-electron chi connectivity index (χ0n) is 12.2. The highest BCUT2D eigenvalue weighted by atomic mass is 16.5. The Kier molecular flexibility index (Phi) is 6.22. The van der Waals surface area contributed by atoms with Crippen molar-refractivity contribution in [1.82, 2.24) is 0 Å². The molecule has 0 heterocycles. The Hall–Kier alpha value is -1.68. The van der Waals surface area contributed by atoms with E-state index in [-0.39, 0.29) is 0 Å². The first-order valence-corrected chi connectivity index (χ1v) is 6.33. The van der Waals surface area contributed by atoms with E-state index < -0.39 is 0 Å². The fourth-order valence-corrected chi connectivity index (χ4v) is 1.68. The molecule has 0 radical (unpaired) electrons. The van der Waals surface area contributed by atoms with Crippen molar-refractivity contribution < 1.29 is 14.2 Å². The summed E-state index contributed by atoms with van der Waals surface area (Å²) in [6, 6.07) is 3.88. The summed E-state index contributed by atoms with van der Waals surface area (Å²) in [5.74, 6) is 1.97. The maximum Gasteiger partial charge on any atom is 0.203 e. The van der Waals surface area contributed by atoms with Gasteiger partial charge >= 0.3 is 0 Å². The van der Waals surface area contributed by atoms with Crippen LogP contribution in [0.5, 0.6) is 17.2 Å². The topological polar surface area (TPSA) is 53.7 Å². The summed E-state index contributed by atoms with van der Waals surface area (Å²) >= 11 is 0. The molecule has 0 aliphatic carbocycles. The fraction of sp³-hybridized carbons (Fsp3) is 0.467. The maximum absolute atomic E-state index is 5.74. The van der Waals surface area contributed by atoms with Gasteiger partial charge in [0.15, 0.2) is 11.5 Å². The highest BCUT2D eigenvalue weighted by Gasteiger charge is 2.13. The van der Waals surface area contributed by atoms with Gasteiger partial charge in [0, 0.05) is 0 Å². The minimum atomic E-state index is 0.491. The molecule has 0 fully saturated rings. The summed E-state index contributed by atoms with van der Waals surface area (Å²) in [5.41, 5.74) is 7.86. The molecule has 0 unspecified atom stereocenters.